The molecular weight excluding hydrogens is 545 g/mol. The Labute approximate surface area is 232 Å². The number of hydrogen-bond acceptors (Lipinski definition) is 9. The van der Waals surface area contributed by atoms with E-state index in [1.807, 2.05) is 6.07 Å². The summed E-state index contributed by atoms with van der Waals surface area (Å²) in [5, 5.41) is 5.25. The highest BCUT2D eigenvalue weighted by Gasteiger charge is 2.32. The molecule has 0 bridgehead atoms. The third-order valence-corrected chi connectivity index (χ3v) is 7.23. The summed E-state index contributed by atoms with van der Waals surface area (Å²) in [7, 11) is 0. The molecular formula is C27H25F3N6O3S. The maximum atomic E-state index is 12.8. The Bertz CT molecular complexity index is 1430. The second kappa shape index (κ2) is 12.0. The lowest BCUT2D eigenvalue weighted by atomic mass is 9.97. The first-order valence-corrected chi connectivity index (χ1v) is 13.4. The van der Waals surface area contributed by atoms with Crippen LogP contribution in [-0.2, 0) is 11.3 Å². The third kappa shape index (κ3) is 7.16. The first-order valence-electron chi connectivity index (χ1n) is 12.6. The Kier molecular flexibility index (Phi) is 8.31. The van der Waals surface area contributed by atoms with Crippen LogP contribution in [-0.4, -0.2) is 52.1 Å². The summed E-state index contributed by atoms with van der Waals surface area (Å²) in [5.74, 6) is 0.288. The summed E-state index contributed by atoms with van der Waals surface area (Å²) in [5.41, 5.74) is 1.95. The standard InChI is InChI=1S/C27H25F3N6O3S/c28-27(29,30)39-22-7-2-1-5-20(22)21-6-3-4-19(33-21)16-31-15-17-9-12-36(13-10-17)25-32-11-8-18(34-25)14-23-24(37)35-26(38)40-23/h1-8,11,14,17,31H,9-10,12-13,15-16H2,(H,35,37,38)/b23-14+. The monoisotopic (exact) mass is 570 g/mol. The highest BCUT2D eigenvalue weighted by Crippen LogP contribution is 2.33. The number of alkyl halides is 3. The molecule has 0 atom stereocenters. The number of carbonyl (C=O) groups is 2. The van der Waals surface area contributed by atoms with Gasteiger partial charge in [0.15, 0.2) is 0 Å². The molecule has 9 nitrogen and oxygen atoms in total. The van der Waals surface area contributed by atoms with Gasteiger partial charge in [0.05, 0.1) is 22.0 Å². The number of amides is 2. The molecule has 2 saturated heterocycles. The Morgan fingerprint density at radius 1 is 1.07 bits per heavy atom. The van der Waals surface area contributed by atoms with Gasteiger partial charge in [-0.3, -0.25) is 19.9 Å². The normalized spacial score (nSPS) is 17.4. The van der Waals surface area contributed by atoms with Gasteiger partial charge in [0.1, 0.15) is 5.75 Å². The van der Waals surface area contributed by atoms with Crippen LogP contribution in [0.15, 0.2) is 59.6 Å². The number of pyridine rings is 1. The van der Waals surface area contributed by atoms with Crippen molar-refractivity contribution in [2.45, 2.75) is 25.7 Å². The Morgan fingerprint density at radius 3 is 2.62 bits per heavy atom. The smallest absolute Gasteiger partial charge is 0.405 e. The molecule has 5 rings (SSSR count). The van der Waals surface area contributed by atoms with Gasteiger partial charge >= 0.3 is 6.36 Å². The quantitative estimate of drug-likeness (QED) is 0.370. The number of halogens is 3. The number of para-hydroxylation sites is 1. The van der Waals surface area contributed by atoms with E-state index in [0.29, 0.717) is 40.4 Å². The summed E-state index contributed by atoms with van der Waals surface area (Å²) in [6.45, 7) is 2.78. The van der Waals surface area contributed by atoms with Gasteiger partial charge in [0, 0.05) is 31.4 Å². The van der Waals surface area contributed by atoms with Gasteiger partial charge in [-0.15, -0.1) is 13.2 Å². The summed E-state index contributed by atoms with van der Waals surface area (Å²) in [6, 6.07) is 12.9. The number of ether oxygens (including phenoxy) is 1. The molecule has 2 fully saturated rings. The fourth-order valence-electron chi connectivity index (χ4n) is 4.51. The molecule has 2 aliphatic rings. The van der Waals surface area contributed by atoms with Crippen molar-refractivity contribution in [1.82, 2.24) is 25.6 Å². The van der Waals surface area contributed by atoms with Crippen molar-refractivity contribution in [2.75, 3.05) is 24.5 Å². The van der Waals surface area contributed by atoms with E-state index in [-0.39, 0.29) is 11.3 Å². The summed E-state index contributed by atoms with van der Waals surface area (Å²) >= 11 is 0.848. The molecule has 3 aromatic rings. The van der Waals surface area contributed by atoms with Crippen LogP contribution in [0.2, 0.25) is 0 Å². The largest absolute Gasteiger partial charge is 0.573 e. The van der Waals surface area contributed by atoms with E-state index in [4.69, 9.17) is 0 Å². The van der Waals surface area contributed by atoms with Gasteiger partial charge in [-0.2, -0.15) is 0 Å². The minimum atomic E-state index is -4.79. The van der Waals surface area contributed by atoms with Crippen LogP contribution < -0.4 is 20.3 Å². The molecule has 40 heavy (non-hydrogen) atoms. The van der Waals surface area contributed by atoms with Crippen molar-refractivity contribution >= 4 is 34.9 Å². The van der Waals surface area contributed by atoms with E-state index in [1.54, 1.807) is 42.6 Å². The highest BCUT2D eigenvalue weighted by molar-refractivity contribution is 8.18. The minimum Gasteiger partial charge on any atom is -0.405 e. The van der Waals surface area contributed by atoms with E-state index in [2.05, 4.69) is 35.2 Å². The topological polar surface area (TPSA) is 109 Å². The second-order valence-electron chi connectivity index (χ2n) is 9.25. The summed E-state index contributed by atoms with van der Waals surface area (Å²) < 4.78 is 42.6. The molecule has 0 radical (unpaired) electrons. The average Bonchev–Trinajstić information content (AvgIpc) is 3.25. The average molecular weight is 571 g/mol. The fourth-order valence-corrected chi connectivity index (χ4v) is 5.18. The molecule has 0 unspecified atom stereocenters. The Morgan fingerprint density at radius 2 is 1.88 bits per heavy atom. The number of benzene rings is 1. The van der Waals surface area contributed by atoms with Crippen molar-refractivity contribution in [2.24, 2.45) is 5.92 Å². The second-order valence-corrected chi connectivity index (χ2v) is 10.3. The van der Waals surface area contributed by atoms with Crippen molar-refractivity contribution < 1.29 is 27.5 Å². The molecule has 208 valence electrons. The van der Waals surface area contributed by atoms with E-state index in [9.17, 15) is 22.8 Å². The molecule has 0 spiro atoms. The van der Waals surface area contributed by atoms with E-state index in [1.165, 1.54) is 12.1 Å². The predicted molar refractivity (Wildman–Crippen MR) is 144 cm³/mol. The number of thioether (sulfide) groups is 1. The molecule has 4 heterocycles. The lowest BCUT2D eigenvalue weighted by Gasteiger charge is -2.32. The zero-order chi connectivity index (χ0) is 28.1. The Hall–Kier alpha value is -3.97. The van der Waals surface area contributed by atoms with Gasteiger partial charge in [0.2, 0.25) is 5.95 Å². The van der Waals surface area contributed by atoms with Gasteiger partial charge in [-0.05, 0) is 73.5 Å². The molecule has 13 heteroatoms. The molecule has 2 amide bonds. The maximum absolute atomic E-state index is 12.8. The number of anilines is 1. The van der Waals surface area contributed by atoms with Crippen LogP contribution >= 0.6 is 11.8 Å². The van der Waals surface area contributed by atoms with Gasteiger partial charge in [-0.25, -0.2) is 9.97 Å². The minimum absolute atomic E-state index is 0.273. The first kappa shape index (κ1) is 27.6. The lowest BCUT2D eigenvalue weighted by Crippen LogP contribution is -2.38. The number of piperidine rings is 1. The van der Waals surface area contributed by atoms with Crippen LogP contribution in [0.25, 0.3) is 17.3 Å². The van der Waals surface area contributed by atoms with Crippen LogP contribution in [0, 0.1) is 5.92 Å². The maximum Gasteiger partial charge on any atom is 0.573 e. The van der Waals surface area contributed by atoms with E-state index < -0.39 is 17.5 Å². The molecule has 2 N–H and O–H groups in total. The third-order valence-electron chi connectivity index (χ3n) is 6.42. The first-order chi connectivity index (χ1) is 19.2. The zero-order valence-corrected chi connectivity index (χ0v) is 22.0. The fraction of sp³-hybridized carbons (Fsp3) is 0.296. The van der Waals surface area contributed by atoms with Crippen molar-refractivity contribution in [3.05, 3.63) is 71.0 Å². The van der Waals surface area contributed by atoms with Gasteiger partial charge in [-0.1, -0.05) is 18.2 Å². The number of aromatic nitrogens is 3. The van der Waals surface area contributed by atoms with Gasteiger partial charge < -0.3 is 15.0 Å². The number of nitrogens with zero attached hydrogens (tertiary/aromatic N) is 4. The number of carbonyl (C=O) groups excluding carboxylic acids is 2. The molecule has 2 aromatic heterocycles. The molecule has 1 aromatic carbocycles. The van der Waals surface area contributed by atoms with E-state index >= 15 is 0 Å². The van der Waals surface area contributed by atoms with Crippen LogP contribution in [0.1, 0.15) is 24.2 Å². The van der Waals surface area contributed by atoms with E-state index in [0.717, 1.165) is 44.2 Å². The SMILES string of the molecule is O=C1NC(=O)/C(=C\c2ccnc(N3CCC(CNCc4cccc(-c5ccccc5OC(F)(F)F)n4)CC3)n2)S1. The lowest BCUT2D eigenvalue weighted by molar-refractivity contribution is -0.274. The van der Waals surface area contributed by atoms with Crippen LogP contribution in [0.5, 0.6) is 5.75 Å². The zero-order valence-electron chi connectivity index (χ0n) is 21.1. The summed E-state index contributed by atoms with van der Waals surface area (Å²) in [4.78, 5) is 39.0. The highest BCUT2D eigenvalue weighted by atomic mass is 32.2. The molecule has 2 aliphatic heterocycles. The number of imide groups is 1. The van der Waals surface area contributed by atoms with Gasteiger partial charge in [0.25, 0.3) is 11.1 Å². The number of rotatable bonds is 8. The number of nitrogens with one attached hydrogen (secondary N) is 2. The molecule has 0 aliphatic carbocycles. The Balaban J connectivity index is 1.13. The number of hydrogen-bond donors (Lipinski definition) is 2. The van der Waals surface area contributed by atoms with Crippen molar-refractivity contribution in [3.8, 4) is 17.0 Å². The van der Waals surface area contributed by atoms with Crippen molar-refractivity contribution in [3.63, 3.8) is 0 Å². The van der Waals surface area contributed by atoms with Crippen LogP contribution in [0.3, 0.4) is 0 Å². The summed E-state index contributed by atoms with van der Waals surface area (Å²) in [6.07, 6.45) is 0.272. The predicted octanol–water partition coefficient (Wildman–Crippen LogP) is 4.77. The molecule has 0 saturated carbocycles. The van der Waals surface area contributed by atoms with Crippen LogP contribution in [0.4, 0.5) is 23.9 Å². The van der Waals surface area contributed by atoms with Crippen molar-refractivity contribution in [1.29, 1.82) is 0 Å².